The maximum atomic E-state index is 5.64. The van der Waals surface area contributed by atoms with Crippen molar-refractivity contribution in [2.75, 3.05) is 0 Å². The van der Waals surface area contributed by atoms with Crippen molar-refractivity contribution in [1.82, 2.24) is 5.43 Å². The van der Waals surface area contributed by atoms with Crippen LogP contribution in [0, 0.1) is 12.3 Å². The lowest BCUT2D eigenvalue weighted by molar-refractivity contribution is 0.442. The molecule has 76 valence electrons. The third-order valence-corrected chi connectivity index (χ3v) is 2.31. The van der Waals surface area contributed by atoms with Crippen molar-refractivity contribution in [2.24, 2.45) is 5.84 Å². The predicted molar refractivity (Wildman–Crippen MR) is 59.7 cm³/mol. The third-order valence-electron chi connectivity index (χ3n) is 2.31. The van der Waals surface area contributed by atoms with Gasteiger partial charge in [0.1, 0.15) is 11.3 Å². The molecular weight excluding hydrogens is 188 g/mol. The Balaban J connectivity index is 2.39. The molecule has 0 aliphatic carbocycles. The first kappa shape index (κ1) is 9.78. The van der Waals surface area contributed by atoms with Gasteiger partial charge < -0.3 is 4.42 Å². The van der Waals surface area contributed by atoms with Crippen LogP contribution >= 0.6 is 0 Å². The molecule has 1 aromatic carbocycles. The van der Waals surface area contributed by atoms with Crippen LogP contribution in [0.3, 0.4) is 0 Å². The third kappa shape index (κ3) is 1.86. The molecule has 3 heteroatoms. The molecule has 0 bridgehead atoms. The minimum atomic E-state index is -0.123. The lowest BCUT2D eigenvalue weighted by Crippen LogP contribution is -2.27. The molecule has 3 N–H and O–H groups in total. The quantitative estimate of drug-likeness (QED) is 0.452. The van der Waals surface area contributed by atoms with E-state index in [-0.39, 0.29) is 6.04 Å². The van der Waals surface area contributed by atoms with Crippen molar-refractivity contribution in [2.45, 2.75) is 12.5 Å². The second-order valence-corrected chi connectivity index (χ2v) is 3.31. The molecule has 0 fully saturated rings. The summed E-state index contributed by atoms with van der Waals surface area (Å²) in [5.74, 6) is 8.74. The Hall–Kier alpha value is -1.76. The van der Waals surface area contributed by atoms with Crippen molar-refractivity contribution >= 4 is 11.0 Å². The number of nitrogens with two attached hydrogens (primary N) is 1. The summed E-state index contributed by atoms with van der Waals surface area (Å²) >= 11 is 0. The average molecular weight is 200 g/mol. The Morgan fingerprint density at radius 3 is 2.93 bits per heavy atom. The fourth-order valence-corrected chi connectivity index (χ4v) is 1.53. The molecule has 1 atom stereocenters. The first-order valence-corrected chi connectivity index (χ1v) is 4.73. The standard InChI is InChI=1S/C12H12N2O/c1-2-5-10(14-13)12-8-9-6-3-4-7-11(9)15-12/h1,3-4,6-8,10,14H,5,13H2. The fourth-order valence-electron chi connectivity index (χ4n) is 1.53. The largest absolute Gasteiger partial charge is 0.459 e. The van der Waals surface area contributed by atoms with E-state index in [0.29, 0.717) is 6.42 Å². The second kappa shape index (κ2) is 4.18. The van der Waals surface area contributed by atoms with E-state index < -0.39 is 0 Å². The van der Waals surface area contributed by atoms with Gasteiger partial charge in [-0.25, -0.2) is 5.43 Å². The molecule has 0 aliphatic heterocycles. The maximum Gasteiger partial charge on any atom is 0.134 e. The van der Waals surface area contributed by atoms with Gasteiger partial charge in [-0.15, -0.1) is 12.3 Å². The number of rotatable bonds is 3. The molecule has 2 aromatic rings. The van der Waals surface area contributed by atoms with E-state index in [1.165, 1.54) is 0 Å². The molecule has 0 radical (unpaired) electrons. The summed E-state index contributed by atoms with van der Waals surface area (Å²) in [6.07, 6.45) is 5.76. The topological polar surface area (TPSA) is 51.2 Å². The van der Waals surface area contributed by atoms with Crippen molar-refractivity contribution in [3.05, 3.63) is 36.1 Å². The van der Waals surface area contributed by atoms with Gasteiger partial charge in [0.2, 0.25) is 0 Å². The molecule has 15 heavy (non-hydrogen) atoms. The zero-order valence-corrected chi connectivity index (χ0v) is 8.23. The normalized spacial score (nSPS) is 12.5. The number of para-hydroxylation sites is 1. The first-order valence-electron chi connectivity index (χ1n) is 4.73. The van der Waals surface area contributed by atoms with Crippen molar-refractivity contribution in [3.63, 3.8) is 0 Å². The average Bonchev–Trinajstić information content (AvgIpc) is 2.69. The van der Waals surface area contributed by atoms with Crippen molar-refractivity contribution < 1.29 is 4.42 Å². The molecule has 0 spiro atoms. The molecule has 1 heterocycles. The summed E-state index contributed by atoms with van der Waals surface area (Å²) in [5.41, 5.74) is 3.50. The van der Waals surface area contributed by atoms with Gasteiger partial charge in [-0.2, -0.15) is 0 Å². The smallest absolute Gasteiger partial charge is 0.134 e. The van der Waals surface area contributed by atoms with Crippen LogP contribution in [0.15, 0.2) is 34.7 Å². The van der Waals surface area contributed by atoms with E-state index in [0.717, 1.165) is 16.7 Å². The summed E-state index contributed by atoms with van der Waals surface area (Å²) < 4.78 is 5.64. The minimum absolute atomic E-state index is 0.123. The summed E-state index contributed by atoms with van der Waals surface area (Å²) in [6, 6.07) is 9.64. The zero-order chi connectivity index (χ0) is 10.7. The minimum Gasteiger partial charge on any atom is -0.459 e. The summed E-state index contributed by atoms with van der Waals surface area (Å²) in [7, 11) is 0. The molecule has 1 unspecified atom stereocenters. The van der Waals surface area contributed by atoms with Gasteiger partial charge >= 0.3 is 0 Å². The number of furan rings is 1. The molecule has 0 saturated carbocycles. The van der Waals surface area contributed by atoms with E-state index in [2.05, 4.69) is 11.3 Å². The van der Waals surface area contributed by atoms with Crippen LogP contribution in [-0.4, -0.2) is 0 Å². The number of hydrogen-bond acceptors (Lipinski definition) is 3. The number of terminal acetylenes is 1. The number of fused-ring (bicyclic) bond motifs is 1. The molecule has 0 amide bonds. The Morgan fingerprint density at radius 2 is 2.27 bits per heavy atom. The van der Waals surface area contributed by atoms with Gasteiger partial charge in [0.15, 0.2) is 0 Å². The highest BCUT2D eigenvalue weighted by Crippen LogP contribution is 2.24. The van der Waals surface area contributed by atoms with Crippen molar-refractivity contribution in [1.29, 1.82) is 0 Å². The van der Waals surface area contributed by atoms with Gasteiger partial charge in [-0.3, -0.25) is 5.84 Å². The van der Waals surface area contributed by atoms with Gasteiger partial charge in [0, 0.05) is 11.8 Å². The maximum absolute atomic E-state index is 5.64. The van der Waals surface area contributed by atoms with Crippen molar-refractivity contribution in [3.8, 4) is 12.3 Å². The van der Waals surface area contributed by atoms with E-state index in [4.69, 9.17) is 16.7 Å². The van der Waals surface area contributed by atoms with E-state index in [9.17, 15) is 0 Å². The van der Waals surface area contributed by atoms with E-state index in [1.807, 2.05) is 30.3 Å². The lowest BCUT2D eigenvalue weighted by Gasteiger charge is -2.08. The molecule has 0 saturated heterocycles. The number of nitrogens with one attached hydrogen (secondary N) is 1. The summed E-state index contributed by atoms with van der Waals surface area (Å²) in [6.45, 7) is 0. The second-order valence-electron chi connectivity index (χ2n) is 3.31. The van der Waals surface area contributed by atoms with E-state index in [1.54, 1.807) is 0 Å². The highest BCUT2D eigenvalue weighted by Gasteiger charge is 2.13. The molecule has 0 aliphatic rings. The van der Waals surface area contributed by atoms with Gasteiger partial charge in [0.25, 0.3) is 0 Å². The van der Waals surface area contributed by atoms with E-state index >= 15 is 0 Å². The molecule has 3 nitrogen and oxygen atoms in total. The number of benzene rings is 1. The fraction of sp³-hybridized carbons (Fsp3) is 0.167. The van der Waals surface area contributed by atoms with Gasteiger partial charge in [0.05, 0.1) is 6.04 Å². The predicted octanol–water partition coefficient (Wildman–Crippen LogP) is 1.96. The van der Waals surface area contributed by atoms with Gasteiger partial charge in [-0.05, 0) is 12.1 Å². The Bertz CT molecular complexity index is 463. The van der Waals surface area contributed by atoms with Crippen LogP contribution < -0.4 is 11.3 Å². The van der Waals surface area contributed by atoms with Crippen LogP contribution in [0.2, 0.25) is 0 Å². The highest BCUT2D eigenvalue weighted by molar-refractivity contribution is 5.77. The summed E-state index contributed by atoms with van der Waals surface area (Å²) in [5, 5.41) is 1.06. The first-order chi connectivity index (χ1) is 7.35. The summed E-state index contributed by atoms with van der Waals surface area (Å²) in [4.78, 5) is 0. The van der Waals surface area contributed by atoms with Crippen LogP contribution in [0.1, 0.15) is 18.2 Å². The molecule has 2 rings (SSSR count). The Kier molecular flexibility index (Phi) is 2.72. The Morgan fingerprint density at radius 1 is 1.47 bits per heavy atom. The number of hydrazine groups is 1. The Labute approximate surface area is 88.2 Å². The highest BCUT2D eigenvalue weighted by atomic mass is 16.3. The SMILES string of the molecule is C#CCC(NN)c1cc2ccccc2o1. The molecular formula is C12H12N2O. The van der Waals surface area contributed by atoms with Crippen LogP contribution in [0.5, 0.6) is 0 Å². The monoisotopic (exact) mass is 200 g/mol. The van der Waals surface area contributed by atoms with Crippen LogP contribution in [-0.2, 0) is 0 Å². The van der Waals surface area contributed by atoms with Crippen LogP contribution in [0.25, 0.3) is 11.0 Å². The van der Waals surface area contributed by atoms with Crippen LogP contribution in [0.4, 0.5) is 0 Å². The lowest BCUT2D eigenvalue weighted by atomic mass is 10.1. The number of hydrogen-bond donors (Lipinski definition) is 2. The zero-order valence-electron chi connectivity index (χ0n) is 8.23. The molecule has 1 aromatic heterocycles. The van der Waals surface area contributed by atoms with Gasteiger partial charge in [-0.1, -0.05) is 18.2 Å².